The number of nitrogens with one attached hydrogen (secondary N) is 1. The molecule has 0 fully saturated rings. The van der Waals surface area contributed by atoms with E-state index in [1.54, 1.807) is 31.0 Å². The smallest absolute Gasteiger partial charge is 0.277 e. The number of nitrogens with zero attached hydrogens (tertiary/aromatic N) is 3. The van der Waals surface area contributed by atoms with Gasteiger partial charge in [-0.15, -0.1) is 10.2 Å². The highest BCUT2D eigenvalue weighted by molar-refractivity contribution is 8.00. The number of hydrogen-bond acceptors (Lipinski definition) is 5. The number of thioether (sulfide) groups is 1. The molecule has 148 valence electrons. The number of aromatic nitrogens is 3. The number of benzene rings is 2. The van der Waals surface area contributed by atoms with Crippen LogP contribution in [0.1, 0.15) is 12.5 Å². The lowest BCUT2D eigenvalue weighted by Gasteiger charge is -2.20. The number of halogens is 1. The summed E-state index contributed by atoms with van der Waals surface area (Å²) < 4.78 is 19.1. The fourth-order valence-corrected chi connectivity index (χ4v) is 3.91. The highest BCUT2D eigenvalue weighted by Crippen LogP contribution is 2.31. The Balaban J connectivity index is 1.43. The zero-order chi connectivity index (χ0) is 20.4. The van der Waals surface area contributed by atoms with Crippen LogP contribution >= 0.6 is 11.8 Å². The highest BCUT2D eigenvalue weighted by atomic mass is 32.2. The molecule has 2 aromatic heterocycles. The molecule has 0 saturated heterocycles. The summed E-state index contributed by atoms with van der Waals surface area (Å²) in [6.07, 6.45) is 1.83. The highest BCUT2D eigenvalue weighted by Gasteiger charge is 2.22. The van der Waals surface area contributed by atoms with Gasteiger partial charge < -0.3 is 14.3 Å². The molecule has 6 nitrogen and oxygen atoms in total. The fourth-order valence-electron chi connectivity index (χ4n) is 3.11. The van der Waals surface area contributed by atoms with Crippen molar-refractivity contribution in [3.8, 4) is 11.5 Å². The van der Waals surface area contributed by atoms with Crippen LogP contribution in [0.2, 0.25) is 0 Å². The number of aromatic amines is 1. The average Bonchev–Trinajstić information content (AvgIpc) is 3.34. The summed E-state index contributed by atoms with van der Waals surface area (Å²) in [5.74, 6) is -0.0229. The molecule has 0 aliphatic carbocycles. The van der Waals surface area contributed by atoms with Crippen LogP contribution < -0.4 is 0 Å². The molecule has 0 spiro atoms. The molecule has 8 heteroatoms. The molecule has 0 saturated carbocycles. The Morgan fingerprint density at radius 3 is 2.90 bits per heavy atom. The summed E-state index contributed by atoms with van der Waals surface area (Å²) in [6.45, 7) is 2.11. The molecular formula is C21H19FN4O2S. The Morgan fingerprint density at radius 2 is 2.07 bits per heavy atom. The second-order valence-corrected chi connectivity index (χ2v) is 8.00. The van der Waals surface area contributed by atoms with E-state index in [2.05, 4.69) is 15.2 Å². The first-order valence-corrected chi connectivity index (χ1v) is 9.95. The first-order chi connectivity index (χ1) is 14.0. The van der Waals surface area contributed by atoms with Crippen molar-refractivity contribution < 1.29 is 13.6 Å². The van der Waals surface area contributed by atoms with Gasteiger partial charge in [-0.2, -0.15) is 0 Å². The molecule has 1 N–H and O–H groups in total. The van der Waals surface area contributed by atoms with Gasteiger partial charge in [-0.3, -0.25) is 4.79 Å². The number of para-hydroxylation sites is 1. The third kappa shape index (κ3) is 4.17. The van der Waals surface area contributed by atoms with Crippen molar-refractivity contribution in [3.63, 3.8) is 0 Å². The molecule has 0 aliphatic rings. The summed E-state index contributed by atoms with van der Waals surface area (Å²) in [5.41, 5.74) is 2.54. The van der Waals surface area contributed by atoms with Gasteiger partial charge in [0.25, 0.3) is 11.1 Å². The lowest BCUT2D eigenvalue weighted by molar-refractivity contribution is -0.129. The Morgan fingerprint density at radius 1 is 1.24 bits per heavy atom. The minimum Gasteiger partial charge on any atom is -0.411 e. The summed E-state index contributed by atoms with van der Waals surface area (Å²) in [6, 6.07) is 14.1. The third-order valence-corrected chi connectivity index (χ3v) is 5.46. The maximum Gasteiger partial charge on any atom is 0.277 e. The molecule has 2 heterocycles. The van der Waals surface area contributed by atoms with Gasteiger partial charge in [0.15, 0.2) is 0 Å². The van der Waals surface area contributed by atoms with Gasteiger partial charge in [0, 0.05) is 30.7 Å². The quantitative estimate of drug-likeness (QED) is 0.474. The fraction of sp³-hybridized carbons (Fsp3) is 0.190. The van der Waals surface area contributed by atoms with Crippen molar-refractivity contribution in [2.45, 2.75) is 23.9 Å². The number of H-pyrrole nitrogens is 1. The lowest BCUT2D eigenvalue weighted by Crippen LogP contribution is -2.32. The SMILES string of the molecule is CC(Sc1nnc(-c2c[nH]c3ccccc23)o1)C(=O)N(C)Cc1cccc(F)c1. The number of rotatable bonds is 6. The van der Waals surface area contributed by atoms with E-state index in [-0.39, 0.29) is 11.7 Å². The zero-order valence-electron chi connectivity index (χ0n) is 15.9. The number of amides is 1. The summed E-state index contributed by atoms with van der Waals surface area (Å²) in [5, 5.41) is 9.08. The summed E-state index contributed by atoms with van der Waals surface area (Å²) in [4.78, 5) is 17.4. The number of carbonyl (C=O) groups is 1. The topological polar surface area (TPSA) is 75.0 Å². The maximum absolute atomic E-state index is 13.3. The molecule has 0 bridgehead atoms. The van der Waals surface area contributed by atoms with E-state index in [9.17, 15) is 9.18 Å². The standard InChI is InChI=1S/C21H19FN4O2S/c1-13(20(27)26(2)12-14-6-5-7-15(22)10-14)29-21-25-24-19(28-21)17-11-23-18-9-4-3-8-16(17)18/h3-11,13,23H,12H2,1-2H3. The number of fused-ring (bicyclic) bond motifs is 1. The van der Waals surface area contributed by atoms with Gasteiger partial charge in [0.05, 0.1) is 10.8 Å². The molecule has 1 atom stereocenters. The molecular weight excluding hydrogens is 391 g/mol. The predicted molar refractivity (Wildman–Crippen MR) is 110 cm³/mol. The van der Waals surface area contributed by atoms with E-state index in [0.717, 1.165) is 22.0 Å². The van der Waals surface area contributed by atoms with Crippen LogP contribution in [-0.2, 0) is 11.3 Å². The molecule has 1 amide bonds. The van der Waals surface area contributed by atoms with E-state index in [4.69, 9.17) is 4.42 Å². The molecule has 0 radical (unpaired) electrons. The van der Waals surface area contributed by atoms with Crippen LogP contribution in [0.25, 0.3) is 22.4 Å². The predicted octanol–water partition coefficient (Wildman–Crippen LogP) is 4.50. The van der Waals surface area contributed by atoms with Gasteiger partial charge in [0.2, 0.25) is 5.91 Å². The molecule has 0 aliphatic heterocycles. The second kappa shape index (κ2) is 8.08. The van der Waals surface area contributed by atoms with Crippen molar-refractivity contribution in [3.05, 3.63) is 66.1 Å². The van der Waals surface area contributed by atoms with Crippen LogP contribution in [0.15, 0.2) is 64.4 Å². The Kier molecular flexibility index (Phi) is 5.35. The van der Waals surface area contributed by atoms with E-state index in [0.29, 0.717) is 17.7 Å². The molecule has 1 unspecified atom stereocenters. The van der Waals surface area contributed by atoms with E-state index in [1.807, 2.05) is 30.5 Å². The van der Waals surface area contributed by atoms with Crippen molar-refractivity contribution in [2.24, 2.45) is 0 Å². The number of hydrogen-bond donors (Lipinski definition) is 1. The van der Waals surface area contributed by atoms with Crippen LogP contribution in [0.5, 0.6) is 0 Å². The van der Waals surface area contributed by atoms with E-state index >= 15 is 0 Å². The van der Waals surface area contributed by atoms with Gasteiger partial charge in [-0.25, -0.2) is 4.39 Å². The summed E-state index contributed by atoms with van der Waals surface area (Å²) in [7, 11) is 1.69. The normalized spacial score (nSPS) is 12.2. The third-order valence-electron chi connectivity index (χ3n) is 4.54. The van der Waals surface area contributed by atoms with Gasteiger partial charge in [-0.1, -0.05) is 42.1 Å². The van der Waals surface area contributed by atoms with Crippen molar-refractivity contribution in [1.82, 2.24) is 20.1 Å². The molecule has 2 aromatic carbocycles. The minimum atomic E-state index is -0.426. The minimum absolute atomic E-state index is 0.105. The summed E-state index contributed by atoms with van der Waals surface area (Å²) >= 11 is 1.20. The zero-order valence-corrected chi connectivity index (χ0v) is 16.7. The maximum atomic E-state index is 13.3. The average molecular weight is 410 g/mol. The van der Waals surface area contributed by atoms with Gasteiger partial charge in [0.1, 0.15) is 5.82 Å². The monoisotopic (exact) mass is 410 g/mol. The molecule has 4 rings (SSSR count). The first kappa shape index (κ1) is 19.2. The molecule has 4 aromatic rings. The Hall–Kier alpha value is -3.13. The van der Waals surface area contributed by atoms with Gasteiger partial charge in [-0.05, 0) is 30.7 Å². The Labute approximate surface area is 171 Å². The molecule has 29 heavy (non-hydrogen) atoms. The Bertz CT molecular complexity index is 1160. The largest absolute Gasteiger partial charge is 0.411 e. The first-order valence-electron chi connectivity index (χ1n) is 9.07. The van der Waals surface area contributed by atoms with Crippen LogP contribution in [0.4, 0.5) is 4.39 Å². The van der Waals surface area contributed by atoms with Gasteiger partial charge >= 0.3 is 0 Å². The van der Waals surface area contributed by atoms with Crippen molar-refractivity contribution >= 4 is 28.6 Å². The van der Waals surface area contributed by atoms with Crippen LogP contribution in [0.3, 0.4) is 0 Å². The van der Waals surface area contributed by atoms with Crippen LogP contribution in [-0.4, -0.2) is 38.3 Å². The lowest BCUT2D eigenvalue weighted by atomic mass is 10.2. The van der Waals surface area contributed by atoms with E-state index < -0.39 is 5.25 Å². The van der Waals surface area contributed by atoms with E-state index in [1.165, 1.54) is 23.9 Å². The number of carbonyl (C=O) groups excluding carboxylic acids is 1. The van der Waals surface area contributed by atoms with Crippen LogP contribution in [0, 0.1) is 5.82 Å². The second-order valence-electron chi connectivity index (χ2n) is 6.71. The van der Waals surface area contributed by atoms with Crippen molar-refractivity contribution in [1.29, 1.82) is 0 Å². The van der Waals surface area contributed by atoms with Crippen molar-refractivity contribution in [2.75, 3.05) is 7.05 Å².